The first-order chi connectivity index (χ1) is 13.7. The van der Waals surface area contributed by atoms with Crippen molar-refractivity contribution in [3.05, 3.63) is 102 Å². The lowest BCUT2D eigenvalue weighted by atomic mass is 9.85. The maximum absolute atomic E-state index is 2.57. The van der Waals surface area contributed by atoms with E-state index in [2.05, 4.69) is 118 Å². The zero-order valence-electron chi connectivity index (χ0n) is 17.7. The van der Waals surface area contributed by atoms with Crippen LogP contribution in [-0.4, -0.2) is 12.1 Å². The molecular weight excluding hydrogens is 338 g/mol. The highest BCUT2D eigenvalue weighted by molar-refractivity contribution is 5.52. The van der Waals surface area contributed by atoms with Gasteiger partial charge in [-0.05, 0) is 55.5 Å². The minimum absolute atomic E-state index is 0.261. The average molecular weight is 372 g/mol. The Labute approximate surface area is 171 Å². The van der Waals surface area contributed by atoms with Crippen LogP contribution in [-0.2, 0) is 0 Å². The fourth-order valence-corrected chi connectivity index (χ4v) is 4.04. The predicted octanol–water partition coefficient (Wildman–Crippen LogP) is 7.27. The lowest BCUT2D eigenvalue weighted by Gasteiger charge is -2.36. The fourth-order valence-electron chi connectivity index (χ4n) is 4.04. The monoisotopic (exact) mass is 371 g/mol. The molecule has 2 atom stereocenters. The summed E-state index contributed by atoms with van der Waals surface area (Å²) in [6, 6.07) is 32.0. The molecule has 1 heteroatoms. The normalized spacial score (nSPS) is 13.3. The van der Waals surface area contributed by atoms with Gasteiger partial charge in [-0.1, -0.05) is 86.6 Å². The highest BCUT2D eigenvalue weighted by Crippen LogP contribution is 2.33. The summed E-state index contributed by atoms with van der Waals surface area (Å²) in [6.07, 6.45) is 2.31. The zero-order valence-corrected chi connectivity index (χ0v) is 17.7. The van der Waals surface area contributed by atoms with Crippen molar-refractivity contribution in [2.24, 2.45) is 0 Å². The van der Waals surface area contributed by atoms with E-state index in [9.17, 15) is 0 Å². The lowest BCUT2D eigenvalue weighted by molar-refractivity contribution is 0.527. The van der Waals surface area contributed by atoms with Crippen LogP contribution in [0.15, 0.2) is 84.9 Å². The van der Waals surface area contributed by atoms with E-state index < -0.39 is 0 Å². The molecule has 1 nitrogen and oxygen atoms in total. The highest BCUT2D eigenvalue weighted by atomic mass is 15.2. The van der Waals surface area contributed by atoms with E-state index in [-0.39, 0.29) is 5.92 Å². The summed E-state index contributed by atoms with van der Waals surface area (Å²) in [4.78, 5) is 2.57. The Hall–Kier alpha value is -2.54. The molecule has 0 aliphatic heterocycles. The standard InChI is InChI=1S/C27H33N/c1-5-21(3)28(22(4)6-2)26-19-17-25(18-20-26)27(23-13-9-7-10-14-23)24-15-11-8-12-16-24/h7-22,27H,5-6H2,1-4H3. The van der Waals surface area contributed by atoms with Gasteiger partial charge >= 0.3 is 0 Å². The summed E-state index contributed by atoms with van der Waals surface area (Å²) in [5, 5.41) is 0. The van der Waals surface area contributed by atoms with Crippen LogP contribution in [0.25, 0.3) is 0 Å². The molecule has 3 rings (SSSR count). The van der Waals surface area contributed by atoms with Gasteiger partial charge in [0.05, 0.1) is 0 Å². The van der Waals surface area contributed by atoms with E-state index in [0.717, 1.165) is 12.8 Å². The molecule has 2 unspecified atom stereocenters. The minimum atomic E-state index is 0.261. The SMILES string of the molecule is CCC(C)N(c1ccc(C(c2ccccc2)c2ccccc2)cc1)C(C)CC. The maximum atomic E-state index is 2.57. The first-order valence-corrected chi connectivity index (χ1v) is 10.6. The van der Waals surface area contributed by atoms with Gasteiger partial charge in [-0.15, -0.1) is 0 Å². The Kier molecular flexibility index (Phi) is 6.92. The smallest absolute Gasteiger partial charge is 0.0371 e. The molecule has 0 saturated heterocycles. The summed E-state index contributed by atoms with van der Waals surface area (Å²) < 4.78 is 0. The molecule has 3 aromatic carbocycles. The fraction of sp³-hybridized carbons (Fsp3) is 0.333. The van der Waals surface area contributed by atoms with Crippen molar-refractivity contribution in [3.8, 4) is 0 Å². The first-order valence-electron chi connectivity index (χ1n) is 10.6. The Morgan fingerprint density at radius 3 is 1.36 bits per heavy atom. The van der Waals surface area contributed by atoms with Crippen molar-refractivity contribution in [2.45, 2.75) is 58.5 Å². The number of hydrogen-bond donors (Lipinski definition) is 0. The van der Waals surface area contributed by atoms with Crippen molar-refractivity contribution in [3.63, 3.8) is 0 Å². The van der Waals surface area contributed by atoms with Crippen LogP contribution in [0, 0.1) is 0 Å². The number of benzene rings is 3. The molecule has 0 aliphatic rings. The molecular formula is C27H33N. The zero-order chi connectivity index (χ0) is 19.9. The molecule has 0 bridgehead atoms. The number of nitrogens with zero attached hydrogens (tertiary/aromatic N) is 1. The third-order valence-corrected chi connectivity index (χ3v) is 5.92. The Morgan fingerprint density at radius 2 is 0.964 bits per heavy atom. The van der Waals surface area contributed by atoms with Gasteiger partial charge in [0.1, 0.15) is 0 Å². The second kappa shape index (κ2) is 9.59. The summed E-state index contributed by atoms with van der Waals surface area (Å²) in [7, 11) is 0. The van der Waals surface area contributed by atoms with Crippen LogP contribution in [0.3, 0.4) is 0 Å². The molecule has 3 aromatic rings. The molecule has 0 N–H and O–H groups in total. The minimum Gasteiger partial charge on any atom is -0.366 e. The second-order valence-corrected chi connectivity index (χ2v) is 7.77. The summed E-state index contributed by atoms with van der Waals surface area (Å²) >= 11 is 0. The lowest BCUT2D eigenvalue weighted by Crippen LogP contribution is -2.39. The molecule has 0 aliphatic carbocycles. The van der Waals surface area contributed by atoms with Crippen LogP contribution in [0.2, 0.25) is 0 Å². The van der Waals surface area contributed by atoms with E-state index in [1.807, 2.05) is 0 Å². The van der Waals surface area contributed by atoms with Crippen LogP contribution in [0.4, 0.5) is 5.69 Å². The molecule has 0 radical (unpaired) electrons. The van der Waals surface area contributed by atoms with E-state index in [4.69, 9.17) is 0 Å². The highest BCUT2D eigenvalue weighted by Gasteiger charge is 2.20. The van der Waals surface area contributed by atoms with E-state index in [1.54, 1.807) is 0 Å². The third kappa shape index (κ3) is 4.47. The van der Waals surface area contributed by atoms with Gasteiger partial charge in [-0.3, -0.25) is 0 Å². The molecule has 28 heavy (non-hydrogen) atoms. The molecule has 0 amide bonds. The van der Waals surface area contributed by atoms with Crippen LogP contribution in [0.1, 0.15) is 63.1 Å². The maximum Gasteiger partial charge on any atom is 0.0371 e. The Bertz CT molecular complexity index is 774. The number of anilines is 1. The van der Waals surface area contributed by atoms with Crippen molar-refractivity contribution < 1.29 is 0 Å². The molecule has 0 saturated carbocycles. The van der Waals surface area contributed by atoms with Gasteiger partial charge in [0.15, 0.2) is 0 Å². The van der Waals surface area contributed by atoms with Gasteiger partial charge in [-0.2, -0.15) is 0 Å². The van der Waals surface area contributed by atoms with Gasteiger partial charge < -0.3 is 4.90 Å². The molecule has 0 heterocycles. The molecule has 0 spiro atoms. The van der Waals surface area contributed by atoms with Gasteiger partial charge in [0.2, 0.25) is 0 Å². The van der Waals surface area contributed by atoms with Crippen LogP contribution >= 0.6 is 0 Å². The first kappa shape index (κ1) is 20.2. The van der Waals surface area contributed by atoms with Gasteiger partial charge in [-0.25, -0.2) is 0 Å². The topological polar surface area (TPSA) is 3.24 Å². The Morgan fingerprint density at radius 1 is 0.571 bits per heavy atom. The molecule has 146 valence electrons. The summed E-state index contributed by atoms with van der Waals surface area (Å²) in [5.41, 5.74) is 5.34. The Balaban J connectivity index is 1.99. The largest absolute Gasteiger partial charge is 0.366 e. The van der Waals surface area contributed by atoms with Crippen molar-refractivity contribution in [2.75, 3.05) is 4.90 Å². The summed E-state index contributed by atoms with van der Waals surface area (Å²) in [5.74, 6) is 0.261. The number of hydrogen-bond acceptors (Lipinski definition) is 1. The summed E-state index contributed by atoms with van der Waals surface area (Å²) in [6.45, 7) is 9.21. The second-order valence-electron chi connectivity index (χ2n) is 7.77. The number of rotatable bonds is 8. The average Bonchev–Trinajstić information content (AvgIpc) is 2.76. The van der Waals surface area contributed by atoms with Crippen LogP contribution < -0.4 is 4.90 Å². The van der Waals surface area contributed by atoms with Gasteiger partial charge in [0.25, 0.3) is 0 Å². The van der Waals surface area contributed by atoms with Crippen molar-refractivity contribution in [1.29, 1.82) is 0 Å². The van der Waals surface area contributed by atoms with E-state index >= 15 is 0 Å². The third-order valence-electron chi connectivity index (χ3n) is 5.92. The van der Waals surface area contributed by atoms with E-state index in [1.165, 1.54) is 22.4 Å². The van der Waals surface area contributed by atoms with Crippen LogP contribution in [0.5, 0.6) is 0 Å². The quantitative estimate of drug-likeness (QED) is 0.376. The van der Waals surface area contributed by atoms with Crippen molar-refractivity contribution >= 4 is 5.69 Å². The predicted molar refractivity (Wildman–Crippen MR) is 122 cm³/mol. The molecule has 0 aromatic heterocycles. The van der Waals surface area contributed by atoms with Crippen molar-refractivity contribution in [1.82, 2.24) is 0 Å². The van der Waals surface area contributed by atoms with E-state index in [0.29, 0.717) is 12.1 Å². The van der Waals surface area contributed by atoms with Gasteiger partial charge in [0, 0.05) is 23.7 Å². The molecule has 0 fully saturated rings.